The Balaban J connectivity index is 1.49. The van der Waals surface area contributed by atoms with Gasteiger partial charge in [-0.1, -0.05) is 34.6 Å². The van der Waals surface area contributed by atoms with Gasteiger partial charge in [-0.15, -0.1) is 0 Å². The number of carbonyl (C=O) groups excluding carboxylic acids is 1. The Hall–Kier alpha value is -3.11. The van der Waals surface area contributed by atoms with Crippen LogP contribution < -0.4 is 10.9 Å². The predicted molar refractivity (Wildman–Crippen MR) is 108 cm³/mol. The number of nitrogens with zero attached hydrogens (tertiary/aromatic N) is 5. The minimum Gasteiger partial charge on any atom is -0.363 e. The monoisotopic (exact) mass is 428 g/mol. The van der Waals surface area contributed by atoms with Crippen molar-refractivity contribution in [3.05, 3.63) is 58.2 Å². The number of nitrogens with one attached hydrogen (secondary N) is 1. The number of fused-ring (bicyclic) bond motifs is 2. The number of thioether (sulfide) groups is 1. The second kappa shape index (κ2) is 7.05. The molecule has 0 spiro atoms. The van der Waals surface area contributed by atoms with E-state index >= 15 is 0 Å². The van der Waals surface area contributed by atoms with Gasteiger partial charge >= 0.3 is 0 Å². The van der Waals surface area contributed by atoms with E-state index in [1.54, 1.807) is 27.4 Å². The number of halogens is 1. The van der Waals surface area contributed by atoms with Gasteiger partial charge in [-0.05, 0) is 18.2 Å². The highest BCUT2D eigenvalue weighted by Crippen LogP contribution is 2.33. The molecule has 1 aromatic carbocycles. The van der Waals surface area contributed by atoms with E-state index in [0.29, 0.717) is 32.8 Å². The van der Waals surface area contributed by atoms with Gasteiger partial charge in [0, 0.05) is 23.3 Å². The molecule has 3 aromatic heterocycles. The van der Waals surface area contributed by atoms with Crippen LogP contribution in [-0.4, -0.2) is 36.1 Å². The van der Waals surface area contributed by atoms with Crippen molar-refractivity contribution in [1.82, 2.24) is 24.5 Å². The minimum absolute atomic E-state index is 0.127. The molecule has 1 amide bonds. The summed E-state index contributed by atoms with van der Waals surface area (Å²) in [7, 11) is 0. The molecule has 29 heavy (non-hydrogen) atoms. The molecular weight excluding hydrogens is 416 g/mol. The summed E-state index contributed by atoms with van der Waals surface area (Å²) in [6.07, 6.45) is 3.00. The number of aromatic nitrogens is 5. The summed E-state index contributed by atoms with van der Waals surface area (Å²) in [5, 5.41) is 12.1. The Morgan fingerprint density at radius 1 is 1.38 bits per heavy atom. The number of hydrogen-bond donors (Lipinski definition) is 1. The lowest BCUT2D eigenvalue weighted by molar-refractivity contribution is -0.116. The van der Waals surface area contributed by atoms with Crippen molar-refractivity contribution in [2.45, 2.75) is 17.6 Å². The average Bonchev–Trinajstić information content (AvgIpc) is 3.42. The zero-order valence-corrected chi connectivity index (χ0v) is 16.4. The van der Waals surface area contributed by atoms with Crippen LogP contribution in [0.3, 0.4) is 0 Å². The van der Waals surface area contributed by atoms with Crippen LogP contribution >= 0.6 is 23.4 Å². The summed E-state index contributed by atoms with van der Waals surface area (Å²) < 4.78 is 7.86. The van der Waals surface area contributed by atoms with Crippen LogP contribution in [0.5, 0.6) is 0 Å². The molecule has 1 atom stereocenters. The summed E-state index contributed by atoms with van der Waals surface area (Å²) in [6, 6.07) is 8.42. The smallest absolute Gasteiger partial charge is 0.265 e. The van der Waals surface area contributed by atoms with Crippen molar-refractivity contribution >= 4 is 46.1 Å². The summed E-state index contributed by atoms with van der Waals surface area (Å²) in [5.41, 5.74) is 0.960. The summed E-state index contributed by atoms with van der Waals surface area (Å²) in [6.45, 7) is 0. The molecule has 5 rings (SSSR count). The number of carbonyl (C=O) groups is 1. The lowest BCUT2D eigenvalue weighted by Gasteiger charge is -2.12. The van der Waals surface area contributed by atoms with E-state index < -0.39 is 0 Å². The maximum absolute atomic E-state index is 13.1. The van der Waals surface area contributed by atoms with Gasteiger partial charge in [0.05, 0.1) is 17.9 Å². The quantitative estimate of drug-likeness (QED) is 0.498. The standard InChI is InChI=1S/C18H13ClN6O3S/c19-10-2-1-3-11(6-10)25-16-13(8-20-25)17(27)24-12(9-29-18(24)22-16)7-15(26)21-14-4-5-28-23-14/h1-6,8,12H,7,9H2,(H,21,23,26). The van der Waals surface area contributed by atoms with Crippen LogP contribution in [0.4, 0.5) is 5.82 Å². The van der Waals surface area contributed by atoms with Crippen molar-refractivity contribution in [3.8, 4) is 5.69 Å². The molecule has 0 saturated carbocycles. The molecule has 0 bridgehead atoms. The second-order valence-electron chi connectivity index (χ2n) is 6.44. The number of rotatable bonds is 4. The first-order valence-corrected chi connectivity index (χ1v) is 10.1. The van der Waals surface area contributed by atoms with E-state index in [1.807, 2.05) is 12.1 Å². The first-order chi connectivity index (χ1) is 14.1. The molecule has 1 aliphatic rings. The molecule has 1 aliphatic heterocycles. The van der Waals surface area contributed by atoms with Gasteiger partial charge in [-0.2, -0.15) is 5.10 Å². The maximum Gasteiger partial charge on any atom is 0.265 e. The Kier molecular flexibility index (Phi) is 4.36. The second-order valence-corrected chi connectivity index (χ2v) is 7.87. The number of amides is 1. The highest BCUT2D eigenvalue weighted by atomic mass is 35.5. The Morgan fingerprint density at radius 2 is 2.28 bits per heavy atom. The molecule has 11 heteroatoms. The third kappa shape index (κ3) is 3.19. The van der Waals surface area contributed by atoms with Crippen LogP contribution in [0, 0.1) is 0 Å². The molecule has 0 aliphatic carbocycles. The summed E-state index contributed by atoms with van der Waals surface area (Å²) in [5.74, 6) is 0.662. The zero-order valence-electron chi connectivity index (χ0n) is 14.8. The summed E-state index contributed by atoms with van der Waals surface area (Å²) in [4.78, 5) is 30.1. The van der Waals surface area contributed by atoms with Gasteiger partial charge in [0.2, 0.25) is 5.91 Å². The SMILES string of the molecule is O=C(CC1CSc2nc3c(cnn3-c3cccc(Cl)c3)c(=O)n21)Nc1ccon1. The lowest BCUT2D eigenvalue weighted by atomic mass is 10.2. The molecule has 1 N–H and O–H groups in total. The highest BCUT2D eigenvalue weighted by molar-refractivity contribution is 7.99. The molecule has 0 fully saturated rings. The Morgan fingerprint density at radius 3 is 3.07 bits per heavy atom. The molecule has 4 aromatic rings. The number of anilines is 1. The molecular formula is C18H13ClN6O3S. The number of benzene rings is 1. The Labute approximate surface area is 172 Å². The minimum atomic E-state index is -0.305. The molecule has 4 heterocycles. The fourth-order valence-corrected chi connectivity index (χ4v) is 4.58. The highest BCUT2D eigenvalue weighted by Gasteiger charge is 2.29. The fourth-order valence-electron chi connectivity index (χ4n) is 3.26. The van der Waals surface area contributed by atoms with Crippen molar-refractivity contribution in [1.29, 1.82) is 0 Å². The van der Waals surface area contributed by atoms with Crippen LogP contribution in [0.2, 0.25) is 5.02 Å². The third-order valence-corrected chi connectivity index (χ3v) is 5.88. The van der Waals surface area contributed by atoms with E-state index in [1.165, 1.54) is 24.2 Å². The van der Waals surface area contributed by atoms with Crippen molar-refractivity contribution in [2.24, 2.45) is 0 Å². The average molecular weight is 429 g/mol. The van der Waals surface area contributed by atoms with Gasteiger partial charge in [-0.3, -0.25) is 14.2 Å². The first-order valence-electron chi connectivity index (χ1n) is 8.69. The van der Waals surface area contributed by atoms with Crippen LogP contribution in [0.25, 0.3) is 16.7 Å². The van der Waals surface area contributed by atoms with E-state index in [9.17, 15) is 9.59 Å². The molecule has 0 radical (unpaired) electrons. The topological polar surface area (TPSA) is 108 Å². The summed E-state index contributed by atoms with van der Waals surface area (Å²) >= 11 is 7.51. The largest absolute Gasteiger partial charge is 0.363 e. The molecule has 146 valence electrons. The van der Waals surface area contributed by atoms with Crippen molar-refractivity contribution in [3.63, 3.8) is 0 Å². The Bertz CT molecular complexity index is 1280. The van der Waals surface area contributed by atoms with Gasteiger partial charge in [0.15, 0.2) is 16.6 Å². The first kappa shape index (κ1) is 18.0. The lowest BCUT2D eigenvalue weighted by Crippen LogP contribution is -2.27. The van der Waals surface area contributed by atoms with Crippen LogP contribution in [0.1, 0.15) is 12.5 Å². The zero-order chi connectivity index (χ0) is 20.0. The van der Waals surface area contributed by atoms with Crippen LogP contribution in [0.15, 0.2) is 57.3 Å². The number of hydrogen-bond acceptors (Lipinski definition) is 7. The van der Waals surface area contributed by atoms with Gasteiger partial charge in [-0.25, -0.2) is 9.67 Å². The van der Waals surface area contributed by atoms with E-state index in [2.05, 4.69) is 20.6 Å². The molecule has 1 unspecified atom stereocenters. The van der Waals surface area contributed by atoms with Gasteiger partial charge < -0.3 is 9.84 Å². The predicted octanol–water partition coefficient (Wildman–Crippen LogP) is 2.90. The van der Waals surface area contributed by atoms with Gasteiger partial charge in [0.25, 0.3) is 5.56 Å². The van der Waals surface area contributed by atoms with E-state index in [0.717, 1.165) is 5.69 Å². The molecule has 0 saturated heterocycles. The fraction of sp³-hybridized carbons (Fsp3) is 0.167. The van der Waals surface area contributed by atoms with Crippen molar-refractivity contribution in [2.75, 3.05) is 11.1 Å². The van der Waals surface area contributed by atoms with Crippen LogP contribution in [-0.2, 0) is 4.79 Å². The molecule has 9 nitrogen and oxygen atoms in total. The third-order valence-electron chi connectivity index (χ3n) is 4.55. The van der Waals surface area contributed by atoms with Gasteiger partial charge in [0.1, 0.15) is 11.6 Å². The van der Waals surface area contributed by atoms with E-state index in [4.69, 9.17) is 16.1 Å². The van der Waals surface area contributed by atoms with Crippen molar-refractivity contribution < 1.29 is 9.32 Å². The van der Waals surface area contributed by atoms with E-state index in [-0.39, 0.29) is 23.9 Å². The maximum atomic E-state index is 13.1. The normalized spacial score (nSPS) is 15.6.